The minimum atomic E-state index is -0.509. The highest BCUT2D eigenvalue weighted by Gasteiger charge is 2.65. The molecule has 3 aliphatic rings. The molecule has 7 nitrogen and oxygen atoms in total. The van der Waals surface area contributed by atoms with Gasteiger partial charge in [0.05, 0.1) is 35.9 Å². The standard InChI is InChI=1S/C33H34N4O3/c1-20-17-37(18-21(2)40-20)19-23-6-4-22(5-7-23)8-12-29-26-11-9-24(14-31(26)36-35-29)28-16-33(28)27-15-25(39-3)10-13-30(27)34-32(33)38/h4-15,20-21,28H,16-19H2,1-3H3,(H,34,38)(H,35,36)/b12-8+/t20-,21+,28?,33?. The summed E-state index contributed by atoms with van der Waals surface area (Å²) in [4.78, 5) is 15.5. The van der Waals surface area contributed by atoms with Crippen molar-refractivity contribution in [1.82, 2.24) is 15.1 Å². The Morgan fingerprint density at radius 3 is 2.62 bits per heavy atom. The third kappa shape index (κ3) is 4.30. The van der Waals surface area contributed by atoms with E-state index < -0.39 is 5.41 Å². The summed E-state index contributed by atoms with van der Waals surface area (Å²) in [7, 11) is 1.66. The molecule has 2 fully saturated rings. The Morgan fingerprint density at radius 1 is 1.05 bits per heavy atom. The summed E-state index contributed by atoms with van der Waals surface area (Å²) in [5.74, 6) is 0.987. The molecule has 7 heteroatoms. The Bertz CT molecular complexity index is 1610. The largest absolute Gasteiger partial charge is 0.497 e. The summed E-state index contributed by atoms with van der Waals surface area (Å²) >= 11 is 0. The summed E-state index contributed by atoms with van der Waals surface area (Å²) in [6.07, 6.45) is 5.52. The van der Waals surface area contributed by atoms with Gasteiger partial charge in [0.25, 0.3) is 0 Å². The van der Waals surface area contributed by atoms with E-state index in [1.54, 1.807) is 7.11 Å². The number of carbonyl (C=O) groups is 1. The number of carbonyl (C=O) groups excluding carboxylic acids is 1. The van der Waals surface area contributed by atoms with Crippen LogP contribution in [0.1, 0.15) is 54.1 Å². The Hall–Kier alpha value is -3.94. The van der Waals surface area contributed by atoms with Gasteiger partial charge in [0.1, 0.15) is 5.75 Å². The lowest BCUT2D eigenvalue weighted by atomic mass is 9.91. The van der Waals surface area contributed by atoms with Gasteiger partial charge in [0.2, 0.25) is 5.91 Å². The van der Waals surface area contributed by atoms with Crippen molar-refractivity contribution in [2.24, 2.45) is 0 Å². The molecule has 1 amide bonds. The van der Waals surface area contributed by atoms with Gasteiger partial charge in [-0.25, -0.2) is 0 Å². The van der Waals surface area contributed by atoms with E-state index in [4.69, 9.17) is 9.47 Å². The van der Waals surface area contributed by atoms with Crippen LogP contribution in [0.3, 0.4) is 0 Å². The predicted molar refractivity (Wildman–Crippen MR) is 157 cm³/mol. The molecule has 7 rings (SSSR count). The normalized spacial score (nSPS) is 26.0. The summed E-state index contributed by atoms with van der Waals surface area (Å²) in [6, 6.07) is 21.0. The van der Waals surface area contributed by atoms with Crippen LogP contribution < -0.4 is 10.1 Å². The maximum Gasteiger partial charge on any atom is 0.235 e. The second-order valence-electron chi connectivity index (χ2n) is 11.5. The fourth-order valence-electron chi connectivity index (χ4n) is 6.68. The first-order chi connectivity index (χ1) is 19.4. The number of anilines is 1. The molecule has 4 atom stereocenters. The van der Waals surface area contributed by atoms with E-state index in [0.717, 1.165) is 70.8 Å². The van der Waals surface area contributed by atoms with Crippen LogP contribution in [0.4, 0.5) is 5.69 Å². The van der Waals surface area contributed by atoms with Crippen molar-refractivity contribution in [2.45, 2.75) is 50.4 Å². The number of morpholine rings is 1. The molecule has 0 radical (unpaired) electrons. The van der Waals surface area contributed by atoms with Crippen molar-refractivity contribution in [1.29, 1.82) is 0 Å². The zero-order chi connectivity index (χ0) is 27.4. The Balaban J connectivity index is 1.06. The molecule has 4 aromatic rings. The van der Waals surface area contributed by atoms with Crippen LogP contribution in [0.15, 0.2) is 60.7 Å². The Morgan fingerprint density at radius 2 is 1.85 bits per heavy atom. The van der Waals surface area contributed by atoms with E-state index in [0.29, 0.717) is 0 Å². The molecule has 40 heavy (non-hydrogen) atoms. The average Bonchev–Trinajstić information content (AvgIpc) is 3.48. The van der Waals surface area contributed by atoms with Gasteiger partial charge >= 0.3 is 0 Å². The van der Waals surface area contributed by atoms with Gasteiger partial charge in [-0.2, -0.15) is 5.10 Å². The number of H-pyrrole nitrogens is 1. The van der Waals surface area contributed by atoms with E-state index >= 15 is 0 Å². The molecule has 1 saturated carbocycles. The van der Waals surface area contributed by atoms with Crippen LogP contribution in [-0.2, 0) is 21.5 Å². The third-order valence-electron chi connectivity index (χ3n) is 8.66. The molecule has 0 bridgehead atoms. The number of fused-ring (bicyclic) bond motifs is 3. The van der Waals surface area contributed by atoms with E-state index in [1.807, 2.05) is 18.2 Å². The zero-order valence-electron chi connectivity index (χ0n) is 23.1. The predicted octanol–water partition coefficient (Wildman–Crippen LogP) is 5.73. The Kier molecular flexibility index (Phi) is 6.02. The highest BCUT2D eigenvalue weighted by Crippen LogP contribution is 2.65. The quantitative estimate of drug-likeness (QED) is 0.330. The topological polar surface area (TPSA) is 79.5 Å². The number of hydrogen-bond acceptors (Lipinski definition) is 5. The molecule has 2 N–H and O–H groups in total. The van der Waals surface area contributed by atoms with Crippen molar-refractivity contribution in [3.8, 4) is 5.75 Å². The van der Waals surface area contributed by atoms with Crippen LogP contribution in [0.2, 0.25) is 0 Å². The molecule has 2 aliphatic heterocycles. The molecule has 3 aromatic carbocycles. The second kappa shape index (κ2) is 9.61. The van der Waals surface area contributed by atoms with Crippen LogP contribution in [-0.4, -0.2) is 53.4 Å². The van der Waals surface area contributed by atoms with E-state index in [2.05, 4.69) is 88.9 Å². The fourth-order valence-corrected chi connectivity index (χ4v) is 6.68. The van der Waals surface area contributed by atoms with Crippen LogP contribution in [0.25, 0.3) is 23.1 Å². The number of rotatable bonds is 6. The molecular formula is C33H34N4O3. The lowest BCUT2D eigenvalue weighted by Crippen LogP contribution is -2.44. The van der Waals surface area contributed by atoms with Gasteiger partial charge in [0, 0.05) is 36.6 Å². The number of benzene rings is 3. The lowest BCUT2D eigenvalue weighted by molar-refractivity contribution is -0.118. The first kappa shape index (κ1) is 25.1. The van der Waals surface area contributed by atoms with Crippen LogP contribution in [0.5, 0.6) is 5.75 Å². The number of nitrogens with one attached hydrogen (secondary N) is 2. The van der Waals surface area contributed by atoms with E-state index in [-0.39, 0.29) is 24.0 Å². The van der Waals surface area contributed by atoms with Crippen LogP contribution >= 0.6 is 0 Å². The van der Waals surface area contributed by atoms with Crippen LogP contribution in [0, 0.1) is 0 Å². The summed E-state index contributed by atoms with van der Waals surface area (Å²) in [5, 5.41) is 11.9. The zero-order valence-corrected chi connectivity index (χ0v) is 23.1. The molecule has 3 heterocycles. The minimum Gasteiger partial charge on any atom is -0.497 e. The third-order valence-corrected chi connectivity index (χ3v) is 8.66. The van der Waals surface area contributed by atoms with Gasteiger partial charge in [-0.15, -0.1) is 0 Å². The number of aromatic nitrogens is 2. The van der Waals surface area contributed by atoms with Crippen molar-refractivity contribution < 1.29 is 14.3 Å². The number of aromatic amines is 1. The summed E-state index contributed by atoms with van der Waals surface area (Å²) < 4.78 is 11.3. The van der Waals surface area contributed by atoms with Gasteiger partial charge in [-0.1, -0.05) is 42.5 Å². The lowest BCUT2D eigenvalue weighted by Gasteiger charge is -2.35. The molecule has 1 aromatic heterocycles. The van der Waals surface area contributed by atoms with Crippen molar-refractivity contribution in [3.63, 3.8) is 0 Å². The molecule has 204 valence electrons. The fraction of sp³-hybridized carbons (Fsp3) is 0.333. The number of nitrogens with zero attached hydrogens (tertiary/aromatic N) is 2. The minimum absolute atomic E-state index is 0.0779. The maximum absolute atomic E-state index is 13.0. The van der Waals surface area contributed by atoms with E-state index in [9.17, 15) is 4.79 Å². The molecule has 1 saturated heterocycles. The first-order valence-corrected chi connectivity index (χ1v) is 14.1. The Labute approximate surface area is 234 Å². The van der Waals surface area contributed by atoms with Gasteiger partial charge < -0.3 is 14.8 Å². The van der Waals surface area contributed by atoms with Gasteiger partial charge in [-0.05, 0) is 72.9 Å². The molecular weight excluding hydrogens is 500 g/mol. The van der Waals surface area contributed by atoms with Crippen molar-refractivity contribution >= 4 is 34.6 Å². The van der Waals surface area contributed by atoms with Gasteiger partial charge in [0.15, 0.2) is 0 Å². The first-order valence-electron chi connectivity index (χ1n) is 14.1. The summed E-state index contributed by atoms with van der Waals surface area (Å²) in [5.41, 5.74) is 6.90. The monoisotopic (exact) mass is 534 g/mol. The SMILES string of the molecule is COc1ccc2c(c1)C1(CC1c1ccc3c(/C=C/c4ccc(CN5C[C@@H](C)O[C@@H](C)C5)cc4)n[nH]c3c1)C(=O)N2. The van der Waals surface area contributed by atoms with E-state index in [1.165, 1.54) is 5.56 Å². The molecule has 2 unspecified atom stereocenters. The average molecular weight is 535 g/mol. The highest BCUT2D eigenvalue weighted by molar-refractivity contribution is 6.10. The number of ether oxygens (including phenoxy) is 2. The number of methoxy groups -OCH3 is 1. The van der Waals surface area contributed by atoms with Gasteiger partial charge in [-0.3, -0.25) is 14.8 Å². The summed E-state index contributed by atoms with van der Waals surface area (Å²) in [6.45, 7) is 7.16. The maximum atomic E-state index is 13.0. The second-order valence-corrected chi connectivity index (χ2v) is 11.5. The number of amides is 1. The number of hydrogen-bond donors (Lipinski definition) is 2. The molecule has 1 aliphatic carbocycles. The highest BCUT2D eigenvalue weighted by atomic mass is 16.5. The smallest absolute Gasteiger partial charge is 0.235 e. The van der Waals surface area contributed by atoms with Crippen molar-refractivity contribution in [2.75, 3.05) is 25.5 Å². The van der Waals surface area contributed by atoms with Crippen molar-refractivity contribution in [3.05, 3.63) is 88.6 Å². The molecule has 1 spiro atoms.